The molecule has 0 spiro atoms. The number of carbonyl (C=O) groups excluding carboxylic acids is 2. The number of rotatable bonds is 7. The Morgan fingerprint density at radius 2 is 1.85 bits per heavy atom. The van der Waals surface area contributed by atoms with Gasteiger partial charge in [0.15, 0.2) is 0 Å². The van der Waals surface area contributed by atoms with Gasteiger partial charge in [-0.3, -0.25) is 14.5 Å². The maximum Gasteiger partial charge on any atom is 0.295 e. The molecule has 4 rings (SSSR count). The van der Waals surface area contributed by atoms with E-state index in [1.54, 1.807) is 48.4 Å². The molecule has 8 heteroatoms. The zero-order valence-corrected chi connectivity index (χ0v) is 19.3. The second-order valence-electron chi connectivity index (χ2n) is 8.08. The van der Waals surface area contributed by atoms with E-state index in [0.29, 0.717) is 48.1 Å². The van der Waals surface area contributed by atoms with Gasteiger partial charge in [0.1, 0.15) is 11.5 Å². The lowest BCUT2D eigenvalue weighted by molar-refractivity contribution is -0.140. The van der Waals surface area contributed by atoms with Crippen molar-refractivity contribution in [1.82, 2.24) is 9.80 Å². The highest BCUT2D eigenvalue weighted by molar-refractivity contribution is 6.46. The zero-order chi connectivity index (χ0) is 23.4. The van der Waals surface area contributed by atoms with Crippen molar-refractivity contribution in [2.75, 3.05) is 46.5 Å². The molecule has 1 unspecified atom stereocenters. The van der Waals surface area contributed by atoms with Crippen molar-refractivity contribution in [2.45, 2.75) is 12.5 Å². The predicted octanol–water partition coefficient (Wildman–Crippen LogP) is 3.49. The molecule has 2 aromatic rings. The van der Waals surface area contributed by atoms with E-state index < -0.39 is 17.7 Å². The topological polar surface area (TPSA) is 79.3 Å². The minimum Gasteiger partial charge on any atom is -0.507 e. The standard InChI is InChI=1S/C25H27ClN2O5/c1-32-20-5-2-4-18(16-20)22-21(23(29)17-6-8-19(26)9-7-17)24(30)25(31)28(22)11-3-10-27-12-14-33-15-13-27/h2,4-9,16,22,29H,3,10-15H2,1H3. The van der Waals surface area contributed by atoms with Crippen LogP contribution in [0.1, 0.15) is 23.6 Å². The van der Waals surface area contributed by atoms with Crippen LogP contribution in [0.3, 0.4) is 0 Å². The van der Waals surface area contributed by atoms with Crippen LogP contribution in [0.5, 0.6) is 5.75 Å². The van der Waals surface area contributed by atoms with Crippen molar-refractivity contribution < 1.29 is 24.2 Å². The van der Waals surface area contributed by atoms with Gasteiger partial charge < -0.3 is 19.5 Å². The third-order valence-electron chi connectivity index (χ3n) is 6.04. The average molecular weight is 471 g/mol. The van der Waals surface area contributed by atoms with E-state index in [2.05, 4.69) is 4.90 Å². The Morgan fingerprint density at radius 1 is 1.12 bits per heavy atom. The minimum absolute atomic E-state index is 0.0712. The van der Waals surface area contributed by atoms with Crippen LogP contribution in [0.4, 0.5) is 0 Å². The lowest BCUT2D eigenvalue weighted by Gasteiger charge is -2.29. The third-order valence-corrected chi connectivity index (χ3v) is 6.30. The summed E-state index contributed by atoms with van der Waals surface area (Å²) in [5.41, 5.74) is 1.20. The Hall–Kier alpha value is -2.87. The van der Waals surface area contributed by atoms with Gasteiger partial charge in [0, 0.05) is 36.8 Å². The Bertz CT molecular complexity index is 1050. The molecule has 2 saturated heterocycles. The fraction of sp³-hybridized carbons (Fsp3) is 0.360. The van der Waals surface area contributed by atoms with E-state index in [1.807, 2.05) is 12.1 Å². The fourth-order valence-electron chi connectivity index (χ4n) is 4.32. The summed E-state index contributed by atoms with van der Waals surface area (Å²) in [6.07, 6.45) is 0.703. The number of benzene rings is 2. The van der Waals surface area contributed by atoms with Crippen molar-refractivity contribution in [1.29, 1.82) is 0 Å². The van der Waals surface area contributed by atoms with Gasteiger partial charge in [-0.05, 0) is 48.4 Å². The first-order chi connectivity index (χ1) is 16.0. The predicted molar refractivity (Wildman–Crippen MR) is 125 cm³/mol. The summed E-state index contributed by atoms with van der Waals surface area (Å²) < 4.78 is 10.7. The molecule has 1 N–H and O–H groups in total. The number of morpholine rings is 1. The van der Waals surface area contributed by atoms with Gasteiger partial charge in [-0.25, -0.2) is 0 Å². The number of likely N-dealkylation sites (tertiary alicyclic amines) is 1. The molecule has 2 fully saturated rings. The highest BCUT2D eigenvalue weighted by Gasteiger charge is 2.45. The van der Waals surface area contributed by atoms with E-state index in [-0.39, 0.29) is 11.3 Å². The number of aliphatic hydroxyl groups is 1. The number of methoxy groups -OCH3 is 1. The summed E-state index contributed by atoms with van der Waals surface area (Å²) in [6.45, 7) is 4.31. The molecule has 7 nitrogen and oxygen atoms in total. The van der Waals surface area contributed by atoms with Crippen molar-refractivity contribution >= 4 is 29.1 Å². The number of aliphatic hydroxyl groups excluding tert-OH is 1. The molecule has 1 amide bonds. The molecular weight excluding hydrogens is 444 g/mol. The summed E-state index contributed by atoms with van der Waals surface area (Å²) in [7, 11) is 1.56. The maximum absolute atomic E-state index is 13.1. The van der Waals surface area contributed by atoms with Crippen LogP contribution >= 0.6 is 11.6 Å². The van der Waals surface area contributed by atoms with Crippen molar-refractivity contribution in [3.8, 4) is 5.75 Å². The number of hydrogen-bond acceptors (Lipinski definition) is 6. The zero-order valence-electron chi connectivity index (χ0n) is 18.5. The number of nitrogens with zero attached hydrogens (tertiary/aromatic N) is 2. The SMILES string of the molecule is COc1cccc(C2C(=C(O)c3ccc(Cl)cc3)C(=O)C(=O)N2CCCN2CCOCC2)c1. The van der Waals surface area contributed by atoms with E-state index in [0.717, 1.165) is 19.6 Å². The molecule has 0 aromatic heterocycles. The summed E-state index contributed by atoms with van der Waals surface area (Å²) >= 11 is 5.98. The molecule has 0 aliphatic carbocycles. The number of halogens is 1. The van der Waals surface area contributed by atoms with Crippen LogP contribution in [0, 0.1) is 0 Å². The highest BCUT2D eigenvalue weighted by Crippen LogP contribution is 2.40. The fourth-order valence-corrected chi connectivity index (χ4v) is 4.45. The lowest BCUT2D eigenvalue weighted by atomic mass is 9.95. The summed E-state index contributed by atoms with van der Waals surface area (Å²) in [6, 6.07) is 13.1. The average Bonchev–Trinajstić information content (AvgIpc) is 3.10. The van der Waals surface area contributed by atoms with Gasteiger partial charge in [0.05, 0.1) is 31.9 Å². The molecule has 0 bridgehead atoms. The molecule has 1 atom stereocenters. The van der Waals surface area contributed by atoms with E-state index in [9.17, 15) is 14.7 Å². The highest BCUT2D eigenvalue weighted by atomic mass is 35.5. The molecule has 2 aromatic carbocycles. The Morgan fingerprint density at radius 3 is 2.55 bits per heavy atom. The van der Waals surface area contributed by atoms with E-state index in [1.165, 1.54) is 0 Å². The lowest BCUT2D eigenvalue weighted by Crippen LogP contribution is -2.38. The third kappa shape index (κ3) is 5.05. The van der Waals surface area contributed by atoms with Crippen LogP contribution in [0.25, 0.3) is 5.76 Å². The summed E-state index contributed by atoms with van der Waals surface area (Å²) in [5.74, 6) is -0.909. The molecule has 2 aliphatic heterocycles. The first-order valence-electron chi connectivity index (χ1n) is 11.0. The second kappa shape index (κ2) is 10.4. The number of ether oxygens (including phenoxy) is 2. The molecule has 0 radical (unpaired) electrons. The number of hydrogen-bond donors (Lipinski definition) is 1. The van der Waals surface area contributed by atoms with E-state index in [4.69, 9.17) is 21.1 Å². The van der Waals surface area contributed by atoms with Gasteiger partial charge in [0.2, 0.25) is 0 Å². The van der Waals surface area contributed by atoms with Gasteiger partial charge >= 0.3 is 0 Å². The van der Waals surface area contributed by atoms with Crippen LogP contribution in [0.15, 0.2) is 54.1 Å². The van der Waals surface area contributed by atoms with Crippen LogP contribution < -0.4 is 4.74 Å². The van der Waals surface area contributed by atoms with Crippen LogP contribution in [0.2, 0.25) is 5.02 Å². The quantitative estimate of drug-likeness (QED) is 0.379. The number of amides is 1. The summed E-state index contributed by atoms with van der Waals surface area (Å²) in [4.78, 5) is 30.0. The molecule has 2 aliphatic rings. The Labute approximate surface area is 198 Å². The first-order valence-corrected chi connectivity index (χ1v) is 11.4. The van der Waals surface area contributed by atoms with Crippen LogP contribution in [-0.2, 0) is 14.3 Å². The second-order valence-corrected chi connectivity index (χ2v) is 8.52. The smallest absolute Gasteiger partial charge is 0.295 e. The maximum atomic E-state index is 13.1. The van der Waals surface area contributed by atoms with Crippen LogP contribution in [-0.4, -0.2) is 73.1 Å². The van der Waals surface area contributed by atoms with Gasteiger partial charge in [-0.15, -0.1) is 0 Å². The van der Waals surface area contributed by atoms with Crippen molar-refractivity contribution in [2.24, 2.45) is 0 Å². The molecule has 2 heterocycles. The first kappa shape index (κ1) is 23.3. The number of ketones is 1. The molecular formula is C25H27ClN2O5. The Kier molecular flexibility index (Phi) is 7.33. The molecule has 33 heavy (non-hydrogen) atoms. The van der Waals surface area contributed by atoms with Gasteiger partial charge in [-0.1, -0.05) is 23.7 Å². The number of Topliss-reactive ketones (excluding diaryl/α,β-unsaturated/α-hetero) is 1. The van der Waals surface area contributed by atoms with Crippen molar-refractivity contribution in [3.63, 3.8) is 0 Å². The monoisotopic (exact) mass is 470 g/mol. The van der Waals surface area contributed by atoms with Crippen molar-refractivity contribution in [3.05, 3.63) is 70.3 Å². The Balaban J connectivity index is 1.68. The largest absolute Gasteiger partial charge is 0.507 e. The van der Waals surface area contributed by atoms with Gasteiger partial charge in [0.25, 0.3) is 11.7 Å². The minimum atomic E-state index is -0.708. The summed E-state index contributed by atoms with van der Waals surface area (Å²) in [5, 5.41) is 11.6. The molecule has 174 valence electrons. The van der Waals surface area contributed by atoms with Gasteiger partial charge in [-0.2, -0.15) is 0 Å². The normalized spacial score (nSPS) is 20.9. The molecule has 0 saturated carbocycles. The number of carbonyl (C=O) groups is 2. The van der Waals surface area contributed by atoms with E-state index >= 15 is 0 Å².